The molecule has 1 aliphatic carbocycles. The van der Waals surface area contributed by atoms with Crippen LogP contribution in [0, 0.1) is 6.92 Å². The lowest BCUT2D eigenvalue weighted by molar-refractivity contribution is -0.871. The molecule has 3 rings (SSSR count). The predicted molar refractivity (Wildman–Crippen MR) is 94.5 cm³/mol. The topological polar surface area (TPSA) is 69.8 Å². The molecule has 2 aliphatic rings. The van der Waals surface area contributed by atoms with Crippen molar-refractivity contribution in [3.63, 3.8) is 0 Å². The number of hydrogen-bond donors (Lipinski definition) is 2. The van der Waals surface area contributed by atoms with E-state index in [0.29, 0.717) is 17.1 Å². The van der Waals surface area contributed by atoms with Gasteiger partial charge in [-0.2, -0.15) is 0 Å². The second kappa shape index (κ2) is 7.00. The molecular formula is C17H28N5O+. The minimum atomic E-state index is -0.0148. The fraction of sp³-hybridized carbons (Fsp3) is 0.529. The number of hydrogen-bond acceptors (Lipinski definition) is 3. The van der Waals surface area contributed by atoms with Gasteiger partial charge in [-0.05, 0) is 25.5 Å². The normalized spacial score (nSPS) is 21.2. The van der Waals surface area contributed by atoms with Crippen LogP contribution in [-0.2, 0) is 13.1 Å². The number of nitrogens with zero attached hydrogens (tertiary/aromatic N) is 3. The van der Waals surface area contributed by atoms with Gasteiger partial charge in [0.2, 0.25) is 0 Å². The third-order valence-corrected chi connectivity index (χ3v) is 4.21. The van der Waals surface area contributed by atoms with Crippen molar-refractivity contribution in [1.82, 2.24) is 9.36 Å². The number of nitrogens with one attached hydrogen (secondary N) is 1. The quantitative estimate of drug-likeness (QED) is 0.828. The Morgan fingerprint density at radius 1 is 1.26 bits per heavy atom. The number of rotatable bonds is 2. The number of likely N-dealkylation sites (N-methyl/N-ethyl adjacent to an activating group) is 1. The standard InChI is InChI=1S/C15H21N5O.C2H6/c1-10-14(15(21)20-8-4-7-19(10)20)17-13-6-5-11(18(2)3)9-12(13)16;1-2/h5-6,9,11H,4,7-8,16H2,1-3H3;1-2H3/p+1. The Kier molecular flexibility index (Phi) is 5.26. The van der Waals surface area contributed by atoms with Crippen molar-refractivity contribution in [3.8, 4) is 0 Å². The maximum absolute atomic E-state index is 12.4. The Bertz CT molecular complexity index is 718. The van der Waals surface area contributed by atoms with Crippen molar-refractivity contribution < 1.29 is 4.90 Å². The van der Waals surface area contributed by atoms with E-state index in [9.17, 15) is 4.79 Å². The molecule has 2 heterocycles. The van der Waals surface area contributed by atoms with Crippen LogP contribution in [0.5, 0.6) is 0 Å². The summed E-state index contributed by atoms with van der Waals surface area (Å²) in [6, 6.07) is 0.255. The number of aromatic nitrogens is 2. The lowest BCUT2D eigenvalue weighted by Crippen LogP contribution is -3.09. The Labute approximate surface area is 137 Å². The molecule has 1 unspecified atom stereocenters. The summed E-state index contributed by atoms with van der Waals surface area (Å²) in [5, 5.41) is 0. The summed E-state index contributed by atoms with van der Waals surface area (Å²) in [5.74, 6) is 0. The maximum Gasteiger partial charge on any atom is 0.292 e. The molecule has 0 amide bonds. The van der Waals surface area contributed by atoms with Crippen molar-refractivity contribution in [2.45, 2.75) is 46.3 Å². The molecule has 6 heteroatoms. The van der Waals surface area contributed by atoms with Crippen LogP contribution in [-0.4, -0.2) is 35.2 Å². The Morgan fingerprint density at radius 2 is 1.91 bits per heavy atom. The van der Waals surface area contributed by atoms with E-state index >= 15 is 0 Å². The van der Waals surface area contributed by atoms with Gasteiger partial charge >= 0.3 is 0 Å². The summed E-state index contributed by atoms with van der Waals surface area (Å²) in [6.45, 7) is 7.61. The minimum absolute atomic E-state index is 0.0148. The van der Waals surface area contributed by atoms with E-state index < -0.39 is 0 Å². The van der Waals surface area contributed by atoms with E-state index in [4.69, 9.17) is 5.73 Å². The highest BCUT2D eigenvalue weighted by atomic mass is 16.1. The van der Waals surface area contributed by atoms with Gasteiger partial charge in [0, 0.05) is 19.2 Å². The molecule has 0 bridgehead atoms. The molecule has 0 saturated carbocycles. The highest BCUT2D eigenvalue weighted by Crippen LogP contribution is 2.20. The molecule has 6 nitrogen and oxygen atoms in total. The van der Waals surface area contributed by atoms with Crippen LogP contribution in [0.2, 0.25) is 0 Å². The fourth-order valence-electron chi connectivity index (χ4n) is 2.91. The first kappa shape index (κ1) is 17.3. The molecule has 0 spiro atoms. The van der Waals surface area contributed by atoms with Gasteiger partial charge in [0.25, 0.3) is 5.56 Å². The minimum Gasteiger partial charge on any atom is -0.397 e. The molecule has 0 fully saturated rings. The SMILES string of the molecule is CC.Cc1c(N=C2C=CC([NH+](C)C)C=C2N)c(=O)n2n1CCC2. The van der Waals surface area contributed by atoms with E-state index in [1.807, 2.05) is 37.6 Å². The van der Waals surface area contributed by atoms with Gasteiger partial charge in [-0.15, -0.1) is 0 Å². The van der Waals surface area contributed by atoms with Gasteiger partial charge in [-0.3, -0.25) is 9.48 Å². The third-order valence-electron chi connectivity index (χ3n) is 4.21. The zero-order valence-corrected chi connectivity index (χ0v) is 14.8. The Morgan fingerprint density at radius 3 is 2.48 bits per heavy atom. The molecule has 0 radical (unpaired) electrons. The highest BCUT2D eigenvalue weighted by Gasteiger charge is 2.22. The lowest BCUT2D eigenvalue weighted by atomic mass is 10.1. The van der Waals surface area contributed by atoms with E-state index in [0.717, 1.165) is 25.2 Å². The van der Waals surface area contributed by atoms with Crippen LogP contribution in [0.1, 0.15) is 26.0 Å². The largest absolute Gasteiger partial charge is 0.397 e. The van der Waals surface area contributed by atoms with Gasteiger partial charge in [-0.1, -0.05) is 13.8 Å². The molecule has 126 valence electrons. The molecule has 0 saturated heterocycles. The molecule has 1 atom stereocenters. The van der Waals surface area contributed by atoms with Crippen molar-refractivity contribution in [2.75, 3.05) is 14.1 Å². The summed E-state index contributed by atoms with van der Waals surface area (Å²) < 4.78 is 3.79. The average Bonchev–Trinajstić information content (AvgIpc) is 3.10. The van der Waals surface area contributed by atoms with Crippen molar-refractivity contribution >= 4 is 11.4 Å². The predicted octanol–water partition coefficient (Wildman–Crippen LogP) is 0.386. The number of fused-ring (bicyclic) bond motifs is 1. The van der Waals surface area contributed by atoms with Crippen LogP contribution in [0.4, 0.5) is 5.69 Å². The first-order valence-corrected chi connectivity index (χ1v) is 8.34. The molecule has 1 aliphatic heterocycles. The highest BCUT2D eigenvalue weighted by molar-refractivity contribution is 6.09. The van der Waals surface area contributed by atoms with Gasteiger partial charge in [0.15, 0.2) is 5.69 Å². The summed E-state index contributed by atoms with van der Waals surface area (Å²) in [4.78, 5) is 18.2. The van der Waals surface area contributed by atoms with Crippen molar-refractivity contribution in [3.05, 3.63) is 40.0 Å². The molecule has 3 N–H and O–H groups in total. The van der Waals surface area contributed by atoms with Crippen LogP contribution < -0.4 is 16.2 Å². The molecule has 1 aromatic heterocycles. The van der Waals surface area contributed by atoms with Gasteiger partial charge < -0.3 is 10.6 Å². The molecule has 0 aromatic carbocycles. The van der Waals surface area contributed by atoms with Gasteiger partial charge in [0.1, 0.15) is 6.04 Å². The van der Waals surface area contributed by atoms with Crippen LogP contribution in [0.15, 0.2) is 33.7 Å². The summed E-state index contributed by atoms with van der Waals surface area (Å²) in [7, 11) is 4.16. The third kappa shape index (κ3) is 3.17. The van der Waals surface area contributed by atoms with E-state index in [-0.39, 0.29) is 11.6 Å². The average molecular weight is 318 g/mol. The lowest BCUT2D eigenvalue weighted by Gasteiger charge is -2.18. The Balaban J connectivity index is 0.000000924. The zero-order valence-electron chi connectivity index (χ0n) is 14.8. The fourth-order valence-corrected chi connectivity index (χ4v) is 2.91. The van der Waals surface area contributed by atoms with Gasteiger partial charge in [0.05, 0.1) is 31.2 Å². The summed E-state index contributed by atoms with van der Waals surface area (Å²) in [5.41, 5.74) is 8.84. The maximum atomic E-state index is 12.4. The van der Waals surface area contributed by atoms with E-state index in [1.165, 1.54) is 4.90 Å². The number of allylic oxidation sites excluding steroid dienone is 1. The van der Waals surface area contributed by atoms with Crippen LogP contribution in [0.25, 0.3) is 0 Å². The van der Waals surface area contributed by atoms with Gasteiger partial charge in [-0.25, -0.2) is 9.67 Å². The van der Waals surface area contributed by atoms with Crippen molar-refractivity contribution in [1.29, 1.82) is 0 Å². The smallest absolute Gasteiger partial charge is 0.292 e. The zero-order chi connectivity index (χ0) is 17.1. The first-order valence-electron chi connectivity index (χ1n) is 8.34. The second-order valence-electron chi connectivity index (χ2n) is 5.92. The molecule has 23 heavy (non-hydrogen) atoms. The first-order chi connectivity index (χ1) is 11.0. The molecule has 1 aromatic rings. The summed E-state index contributed by atoms with van der Waals surface area (Å²) in [6.07, 6.45) is 6.99. The number of nitrogens with two attached hydrogens (primary N) is 1. The second-order valence-corrected chi connectivity index (χ2v) is 5.92. The monoisotopic (exact) mass is 318 g/mol. The number of aliphatic imine (C=N–C) groups is 1. The Hall–Kier alpha value is -2.08. The summed E-state index contributed by atoms with van der Waals surface area (Å²) >= 11 is 0. The van der Waals surface area contributed by atoms with Crippen LogP contribution in [0.3, 0.4) is 0 Å². The van der Waals surface area contributed by atoms with Crippen molar-refractivity contribution in [2.24, 2.45) is 10.7 Å². The molecular weight excluding hydrogens is 290 g/mol. The van der Waals surface area contributed by atoms with Crippen LogP contribution >= 0.6 is 0 Å². The number of quaternary nitrogens is 1. The van der Waals surface area contributed by atoms with E-state index in [1.54, 1.807) is 4.68 Å². The van der Waals surface area contributed by atoms with E-state index in [2.05, 4.69) is 25.2 Å².